The molecule has 6 nitrogen and oxygen atoms in total. The van der Waals surface area contributed by atoms with E-state index in [1.54, 1.807) is 18.1 Å². The number of rotatable bonds is 4. The maximum Gasteiger partial charge on any atom is 0.181 e. The van der Waals surface area contributed by atoms with Crippen LogP contribution in [0.25, 0.3) is 17.4 Å². The zero-order valence-corrected chi connectivity index (χ0v) is 18.2. The van der Waals surface area contributed by atoms with Crippen molar-refractivity contribution in [2.24, 2.45) is 4.99 Å². The first-order chi connectivity index (χ1) is 14.6. The molecule has 2 aromatic carbocycles. The first-order valence-corrected chi connectivity index (χ1v) is 11.0. The summed E-state index contributed by atoms with van der Waals surface area (Å²) in [5.41, 5.74) is 3.36. The number of anilines is 1. The molecule has 1 unspecified atom stereocenters. The van der Waals surface area contributed by atoms with E-state index in [9.17, 15) is 0 Å². The van der Waals surface area contributed by atoms with E-state index in [4.69, 9.17) is 28.2 Å². The molecule has 0 amide bonds. The minimum Gasteiger partial charge on any atom is -0.341 e. The first-order valence-electron chi connectivity index (χ1n) is 9.26. The van der Waals surface area contributed by atoms with Gasteiger partial charge >= 0.3 is 0 Å². The van der Waals surface area contributed by atoms with E-state index in [1.807, 2.05) is 30.3 Å². The summed E-state index contributed by atoms with van der Waals surface area (Å²) in [6, 6.07) is 11.6. The highest BCUT2D eigenvalue weighted by Crippen LogP contribution is 2.36. The fraction of sp³-hybridized carbons (Fsp3) is 0.143. The Balaban J connectivity index is 1.58. The summed E-state index contributed by atoms with van der Waals surface area (Å²) >= 11 is 14.7. The van der Waals surface area contributed by atoms with Gasteiger partial charge in [0, 0.05) is 17.2 Å². The normalized spacial score (nSPS) is 15.6. The number of aromatic nitrogens is 4. The number of halogens is 2. The van der Waals surface area contributed by atoms with Crippen molar-refractivity contribution in [1.82, 2.24) is 19.9 Å². The van der Waals surface area contributed by atoms with Gasteiger partial charge in [-0.05, 0) is 30.7 Å². The Labute approximate surface area is 186 Å². The molecule has 1 atom stereocenters. The quantitative estimate of drug-likeness (QED) is 0.373. The third kappa shape index (κ3) is 3.43. The van der Waals surface area contributed by atoms with E-state index in [-0.39, 0.29) is 6.17 Å². The van der Waals surface area contributed by atoms with Gasteiger partial charge in [0.25, 0.3) is 0 Å². The summed E-state index contributed by atoms with van der Waals surface area (Å²) in [4.78, 5) is 23.0. The SMILES string of the molecule is Cc1cccc2c1=CN(c1c(Cl)cccc1Cl)C(CSc1ncnc3nc[nH]c13)N=2. The van der Waals surface area contributed by atoms with Crippen molar-refractivity contribution >= 4 is 58.0 Å². The fourth-order valence-corrected chi connectivity index (χ4v) is 5.02. The molecule has 0 bridgehead atoms. The number of aryl methyl sites for hydroxylation is 1. The molecule has 1 N–H and O–H groups in total. The van der Waals surface area contributed by atoms with Crippen LogP contribution in [0.2, 0.25) is 10.0 Å². The van der Waals surface area contributed by atoms with Crippen LogP contribution in [0, 0.1) is 6.92 Å². The van der Waals surface area contributed by atoms with Gasteiger partial charge in [0.15, 0.2) is 5.65 Å². The Hall–Kier alpha value is -2.61. The number of H-pyrrole nitrogens is 1. The molecule has 5 rings (SSSR count). The summed E-state index contributed by atoms with van der Waals surface area (Å²) in [6.07, 6.45) is 5.02. The molecule has 3 heterocycles. The van der Waals surface area contributed by atoms with Gasteiger partial charge in [-0.3, -0.25) is 4.99 Å². The van der Waals surface area contributed by atoms with Crippen molar-refractivity contribution in [2.75, 3.05) is 10.7 Å². The average molecular weight is 455 g/mol. The number of hydrogen-bond donors (Lipinski definition) is 1. The first kappa shape index (κ1) is 19.4. The molecule has 4 aromatic rings. The van der Waals surface area contributed by atoms with Gasteiger partial charge in [0.05, 0.1) is 27.4 Å². The molecule has 0 radical (unpaired) electrons. The lowest BCUT2D eigenvalue weighted by Gasteiger charge is -2.31. The van der Waals surface area contributed by atoms with E-state index in [2.05, 4.69) is 44.0 Å². The second-order valence-electron chi connectivity index (χ2n) is 6.82. The molecule has 0 fully saturated rings. The highest BCUT2D eigenvalue weighted by Gasteiger charge is 2.24. The molecule has 1 aliphatic rings. The number of thioether (sulfide) groups is 1. The molecule has 0 saturated heterocycles. The maximum absolute atomic E-state index is 6.55. The van der Waals surface area contributed by atoms with Crippen molar-refractivity contribution < 1.29 is 0 Å². The standard InChI is InChI=1S/C21H16Cl2N6S/c1-12-4-2-7-16-13(12)8-29(19-14(22)5-3-6-15(19)23)17(28-16)9-30-21-18-20(25-10-24-18)26-11-27-21/h2-8,10-11,17H,9H2,1H3,(H,24,25,26,27). The predicted molar refractivity (Wildman–Crippen MR) is 122 cm³/mol. The zero-order chi connectivity index (χ0) is 20.7. The van der Waals surface area contributed by atoms with Crippen LogP contribution < -0.4 is 15.5 Å². The molecule has 9 heteroatoms. The third-order valence-electron chi connectivity index (χ3n) is 4.93. The molecule has 150 valence electrons. The van der Waals surface area contributed by atoms with E-state index in [0.29, 0.717) is 21.4 Å². The second kappa shape index (κ2) is 7.91. The van der Waals surface area contributed by atoms with Crippen LogP contribution in [0.3, 0.4) is 0 Å². The monoisotopic (exact) mass is 454 g/mol. The number of benzene rings is 2. The minimum absolute atomic E-state index is 0.213. The van der Waals surface area contributed by atoms with Crippen LogP contribution in [-0.4, -0.2) is 31.9 Å². The highest BCUT2D eigenvalue weighted by molar-refractivity contribution is 7.99. The Morgan fingerprint density at radius 2 is 1.87 bits per heavy atom. The topological polar surface area (TPSA) is 70.1 Å². The molecular weight excluding hydrogens is 439 g/mol. The summed E-state index contributed by atoms with van der Waals surface area (Å²) in [7, 11) is 0. The smallest absolute Gasteiger partial charge is 0.181 e. The zero-order valence-electron chi connectivity index (χ0n) is 15.9. The van der Waals surface area contributed by atoms with Crippen molar-refractivity contribution in [2.45, 2.75) is 18.1 Å². The molecule has 0 aliphatic carbocycles. The Morgan fingerprint density at radius 3 is 2.70 bits per heavy atom. The summed E-state index contributed by atoms with van der Waals surface area (Å²) < 4.78 is 0. The van der Waals surface area contributed by atoms with Gasteiger partial charge in [0.2, 0.25) is 0 Å². The lowest BCUT2D eigenvalue weighted by atomic mass is 10.1. The predicted octanol–water partition coefficient (Wildman–Crippen LogP) is 3.96. The lowest BCUT2D eigenvalue weighted by molar-refractivity contribution is 0.738. The highest BCUT2D eigenvalue weighted by atomic mass is 35.5. The lowest BCUT2D eigenvalue weighted by Crippen LogP contribution is -2.44. The van der Waals surface area contributed by atoms with Crippen LogP contribution in [0.15, 0.2) is 59.1 Å². The Morgan fingerprint density at radius 1 is 1.07 bits per heavy atom. The molecule has 1 aliphatic heterocycles. The van der Waals surface area contributed by atoms with E-state index >= 15 is 0 Å². The van der Waals surface area contributed by atoms with Crippen molar-refractivity contribution in [3.05, 3.63) is 75.2 Å². The number of nitrogens with one attached hydrogen (secondary N) is 1. The number of aromatic amines is 1. The van der Waals surface area contributed by atoms with Crippen LogP contribution in [0.5, 0.6) is 0 Å². The fourth-order valence-electron chi connectivity index (χ4n) is 3.47. The number of hydrogen-bond acceptors (Lipinski definition) is 6. The van der Waals surface area contributed by atoms with Crippen LogP contribution in [0.1, 0.15) is 5.56 Å². The number of imidazole rings is 1. The number of para-hydroxylation sites is 1. The van der Waals surface area contributed by atoms with Crippen molar-refractivity contribution in [3.63, 3.8) is 0 Å². The van der Waals surface area contributed by atoms with Gasteiger partial charge < -0.3 is 9.88 Å². The summed E-state index contributed by atoms with van der Waals surface area (Å²) in [5, 5.41) is 4.01. The van der Waals surface area contributed by atoms with Crippen molar-refractivity contribution in [3.8, 4) is 0 Å². The van der Waals surface area contributed by atoms with E-state index in [1.165, 1.54) is 6.33 Å². The molecule has 30 heavy (non-hydrogen) atoms. The maximum atomic E-state index is 6.55. The summed E-state index contributed by atoms with van der Waals surface area (Å²) in [6.45, 7) is 2.07. The molecule has 2 aromatic heterocycles. The Bertz CT molecular complexity index is 1350. The van der Waals surface area contributed by atoms with Crippen LogP contribution >= 0.6 is 35.0 Å². The summed E-state index contributed by atoms with van der Waals surface area (Å²) in [5.74, 6) is 0.635. The van der Waals surface area contributed by atoms with Crippen molar-refractivity contribution in [1.29, 1.82) is 0 Å². The minimum atomic E-state index is -0.213. The molecule has 0 spiro atoms. The number of fused-ring (bicyclic) bond motifs is 2. The molecule has 0 saturated carbocycles. The number of nitrogens with zero attached hydrogens (tertiary/aromatic N) is 5. The van der Waals surface area contributed by atoms with Gasteiger partial charge in [-0.1, -0.05) is 53.2 Å². The van der Waals surface area contributed by atoms with Crippen LogP contribution in [0.4, 0.5) is 5.69 Å². The average Bonchev–Trinajstić information content (AvgIpc) is 3.22. The molecular formula is C21H16Cl2N6S. The largest absolute Gasteiger partial charge is 0.341 e. The van der Waals surface area contributed by atoms with E-state index in [0.717, 1.165) is 32.4 Å². The van der Waals surface area contributed by atoms with Gasteiger partial charge in [-0.2, -0.15) is 0 Å². The van der Waals surface area contributed by atoms with E-state index < -0.39 is 0 Å². The van der Waals surface area contributed by atoms with Gasteiger partial charge in [0.1, 0.15) is 23.0 Å². The van der Waals surface area contributed by atoms with Crippen LogP contribution in [-0.2, 0) is 0 Å². The third-order valence-corrected chi connectivity index (χ3v) is 6.59. The second-order valence-corrected chi connectivity index (χ2v) is 8.64. The van der Waals surface area contributed by atoms with Gasteiger partial charge in [-0.15, -0.1) is 0 Å². The van der Waals surface area contributed by atoms with Gasteiger partial charge in [-0.25, -0.2) is 15.0 Å². The Kier molecular flexibility index (Phi) is 5.10.